The Balaban J connectivity index is 1.90. The first-order valence-electron chi connectivity index (χ1n) is 6.82. The number of hydrogen-bond donors (Lipinski definition) is 1. The van der Waals surface area contributed by atoms with Gasteiger partial charge in [0.15, 0.2) is 6.61 Å². The zero-order valence-electron chi connectivity index (χ0n) is 12.1. The standard InChI is InChI=1S/C17H16BrNO3/c1-12(15-7-2-3-8-16(15)18)19-17(21)11-22-14-6-4-5-13(9-14)10-20/h2-10,12H,11H2,1H3,(H,19,21)/t12-/m0/s1. The highest BCUT2D eigenvalue weighted by Crippen LogP contribution is 2.22. The number of nitrogens with one attached hydrogen (secondary N) is 1. The molecule has 0 aliphatic heterocycles. The lowest BCUT2D eigenvalue weighted by molar-refractivity contribution is -0.123. The molecule has 22 heavy (non-hydrogen) atoms. The van der Waals surface area contributed by atoms with Gasteiger partial charge in [-0.3, -0.25) is 9.59 Å². The van der Waals surface area contributed by atoms with Crippen LogP contribution in [0.2, 0.25) is 0 Å². The van der Waals surface area contributed by atoms with Crippen LogP contribution < -0.4 is 10.1 Å². The van der Waals surface area contributed by atoms with Crippen molar-refractivity contribution in [3.8, 4) is 5.75 Å². The van der Waals surface area contributed by atoms with E-state index >= 15 is 0 Å². The lowest BCUT2D eigenvalue weighted by Gasteiger charge is -2.16. The van der Waals surface area contributed by atoms with Crippen molar-refractivity contribution in [1.29, 1.82) is 0 Å². The maximum absolute atomic E-state index is 11.9. The number of ether oxygens (including phenoxy) is 1. The van der Waals surface area contributed by atoms with Crippen molar-refractivity contribution in [3.63, 3.8) is 0 Å². The van der Waals surface area contributed by atoms with Gasteiger partial charge in [0, 0.05) is 10.0 Å². The molecule has 0 saturated heterocycles. The van der Waals surface area contributed by atoms with Gasteiger partial charge < -0.3 is 10.1 Å². The number of carbonyl (C=O) groups excluding carboxylic acids is 2. The maximum Gasteiger partial charge on any atom is 0.258 e. The third-order valence-electron chi connectivity index (χ3n) is 3.11. The van der Waals surface area contributed by atoms with Gasteiger partial charge in [-0.15, -0.1) is 0 Å². The number of amides is 1. The largest absolute Gasteiger partial charge is 0.484 e. The Morgan fingerprint density at radius 1 is 1.27 bits per heavy atom. The van der Waals surface area contributed by atoms with E-state index in [9.17, 15) is 9.59 Å². The second-order valence-corrected chi connectivity index (χ2v) is 5.64. The fraction of sp³-hybridized carbons (Fsp3) is 0.176. The monoisotopic (exact) mass is 361 g/mol. The molecule has 0 aliphatic rings. The van der Waals surface area contributed by atoms with E-state index < -0.39 is 0 Å². The number of benzene rings is 2. The molecule has 1 amide bonds. The molecule has 2 aromatic carbocycles. The molecule has 114 valence electrons. The number of rotatable bonds is 6. The summed E-state index contributed by atoms with van der Waals surface area (Å²) in [6.45, 7) is 1.81. The van der Waals surface area contributed by atoms with Crippen LogP contribution in [0.15, 0.2) is 53.0 Å². The number of halogens is 1. The summed E-state index contributed by atoms with van der Waals surface area (Å²) in [5.41, 5.74) is 1.51. The molecule has 0 bridgehead atoms. The van der Waals surface area contributed by atoms with Gasteiger partial charge in [0.25, 0.3) is 5.91 Å². The highest BCUT2D eigenvalue weighted by atomic mass is 79.9. The van der Waals surface area contributed by atoms with E-state index in [0.717, 1.165) is 16.3 Å². The second-order valence-electron chi connectivity index (χ2n) is 4.79. The summed E-state index contributed by atoms with van der Waals surface area (Å²) >= 11 is 3.46. The van der Waals surface area contributed by atoms with E-state index in [-0.39, 0.29) is 18.6 Å². The van der Waals surface area contributed by atoms with E-state index in [1.165, 1.54) is 0 Å². The summed E-state index contributed by atoms with van der Waals surface area (Å²) < 4.78 is 6.34. The van der Waals surface area contributed by atoms with Gasteiger partial charge in [0.05, 0.1) is 6.04 Å². The van der Waals surface area contributed by atoms with E-state index in [0.29, 0.717) is 11.3 Å². The van der Waals surface area contributed by atoms with Gasteiger partial charge in [-0.2, -0.15) is 0 Å². The minimum absolute atomic E-state index is 0.100. The minimum Gasteiger partial charge on any atom is -0.484 e. The summed E-state index contributed by atoms with van der Waals surface area (Å²) in [5, 5.41) is 2.87. The summed E-state index contributed by atoms with van der Waals surface area (Å²) in [4.78, 5) is 22.6. The third kappa shape index (κ3) is 4.43. The van der Waals surface area contributed by atoms with Crippen LogP contribution in [0.4, 0.5) is 0 Å². The van der Waals surface area contributed by atoms with E-state index in [1.54, 1.807) is 24.3 Å². The lowest BCUT2D eigenvalue weighted by atomic mass is 10.1. The predicted octanol–water partition coefficient (Wildman–Crippen LogP) is 3.52. The van der Waals surface area contributed by atoms with Crippen molar-refractivity contribution in [2.24, 2.45) is 0 Å². The smallest absolute Gasteiger partial charge is 0.258 e. The first-order valence-corrected chi connectivity index (χ1v) is 7.61. The van der Waals surface area contributed by atoms with Crippen LogP contribution >= 0.6 is 15.9 Å². The lowest BCUT2D eigenvalue weighted by Crippen LogP contribution is -2.31. The molecule has 0 spiro atoms. The molecule has 0 heterocycles. The quantitative estimate of drug-likeness (QED) is 0.800. The molecule has 4 nitrogen and oxygen atoms in total. The van der Waals surface area contributed by atoms with Crippen molar-refractivity contribution in [2.75, 3.05) is 6.61 Å². The van der Waals surface area contributed by atoms with Crippen molar-refractivity contribution >= 4 is 28.1 Å². The molecule has 0 saturated carbocycles. The van der Waals surface area contributed by atoms with Crippen molar-refractivity contribution in [3.05, 3.63) is 64.1 Å². The summed E-state index contributed by atoms with van der Waals surface area (Å²) in [6, 6.07) is 14.3. The Labute approximate surface area is 137 Å². The van der Waals surface area contributed by atoms with E-state index in [4.69, 9.17) is 4.74 Å². The van der Waals surface area contributed by atoms with Gasteiger partial charge in [-0.05, 0) is 30.7 Å². The van der Waals surface area contributed by atoms with Crippen LogP contribution in [-0.4, -0.2) is 18.8 Å². The fourth-order valence-corrected chi connectivity index (χ4v) is 2.64. The Bertz CT molecular complexity index is 672. The molecular weight excluding hydrogens is 346 g/mol. The van der Waals surface area contributed by atoms with Crippen molar-refractivity contribution in [2.45, 2.75) is 13.0 Å². The second kappa shape index (κ2) is 7.75. The molecule has 0 aliphatic carbocycles. The van der Waals surface area contributed by atoms with E-state index in [2.05, 4.69) is 21.2 Å². The van der Waals surface area contributed by atoms with Crippen LogP contribution in [0.5, 0.6) is 5.75 Å². The van der Waals surface area contributed by atoms with Crippen molar-refractivity contribution in [1.82, 2.24) is 5.32 Å². The highest BCUT2D eigenvalue weighted by Gasteiger charge is 2.12. The fourth-order valence-electron chi connectivity index (χ4n) is 2.01. The Morgan fingerprint density at radius 2 is 2.05 bits per heavy atom. The van der Waals surface area contributed by atoms with Gasteiger partial charge in [-0.25, -0.2) is 0 Å². The number of carbonyl (C=O) groups is 2. The van der Waals surface area contributed by atoms with Crippen molar-refractivity contribution < 1.29 is 14.3 Å². The zero-order valence-corrected chi connectivity index (χ0v) is 13.7. The SMILES string of the molecule is C[C@H](NC(=O)COc1cccc(C=O)c1)c1ccccc1Br. The van der Waals surface area contributed by atoms with Gasteiger partial charge in [0.1, 0.15) is 12.0 Å². The van der Waals surface area contributed by atoms with E-state index in [1.807, 2.05) is 31.2 Å². The average Bonchev–Trinajstić information content (AvgIpc) is 2.53. The van der Waals surface area contributed by atoms with Gasteiger partial charge in [0.2, 0.25) is 0 Å². The van der Waals surface area contributed by atoms with Crippen LogP contribution in [0.1, 0.15) is 28.9 Å². The molecular formula is C17H16BrNO3. The topological polar surface area (TPSA) is 55.4 Å². The predicted molar refractivity (Wildman–Crippen MR) is 88.0 cm³/mol. The number of hydrogen-bond acceptors (Lipinski definition) is 3. The molecule has 2 aromatic rings. The number of aldehydes is 1. The molecule has 0 unspecified atom stereocenters. The summed E-state index contributed by atoms with van der Waals surface area (Å²) in [6.07, 6.45) is 0.738. The third-order valence-corrected chi connectivity index (χ3v) is 3.84. The van der Waals surface area contributed by atoms with Crippen LogP contribution in [-0.2, 0) is 4.79 Å². The molecule has 0 fully saturated rings. The molecule has 0 aromatic heterocycles. The van der Waals surface area contributed by atoms with Gasteiger partial charge in [-0.1, -0.05) is 46.3 Å². The van der Waals surface area contributed by atoms with Crippen LogP contribution in [0.3, 0.4) is 0 Å². The summed E-state index contributed by atoms with van der Waals surface area (Å²) in [7, 11) is 0. The first kappa shape index (κ1) is 16.2. The average molecular weight is 362 g/mol. The maximum atomic E-state index is 11.9. The normalized spacial score (nSPS) is 11.5. The first-order chi connectivity index (χ1) is 10.6. The Kier molecular flexibility index (Phi) is 5.72. The molecule has 1 atom stereocenters. The zero-order chi connectivity index (χ0) is 15.9. The molecule has 5 heteroatoms. The van der Waals surface area contributed by atoms with Crippen LogP contribution in [0.25, 0.3) is 0 Å². The Morgan fingerprint density at radius 3 is 2.77 bits per heavy atom. The summed E-state index contributed by atoms with van der Waals surface area (Å²) in [5.74, 6) is 0.271. The van der Waals surface area contributed by atoms with Gasteiger partial charge >= 0.3 is 0 Å². The minimum atomic E-state index is -0.222. The molecule has 0 radical (unpaired) electrons. The van der Waals surface area contributed by atoms with Crippen LogP contribution in [0, 0.1) is 0 Å². The molecule has 2 rings (SSSR count). The Hall–Kier alpha value is -2.14. The highest BCUT2D eigenvalue weighted by molar-refractivity contribution is 9.10. The molecule has 1 N–H and O–H groups in total.